The summed E-state index contributed by atoms with van der Waals surface area (Å²) in [6, 6.07) is 8.25. The molecular weight excluding hydrogens is 467 g/mol. The van der Waals surface area contributed by atoms with Crippen molar-refractivity contribution >= 4 is 29.9 Å². The topological polar surface area (TPSA) is 58.1 Å². The molecule has 7 heteroatoms. The second-order valence-electron chi connectivity index (χ2n) is 6.28. The van der Waals surface area contributed by atoms with Gasteiger partial charge in [-0.15, -0.1) is 24.0 Å². The molecule has 0 aliphatic carbocycles. The van der Waals surface area contributed by atoms with Gasteiger partial charge in [0.2, 0.25) is 0 Å². The van der Waals surface area contributed by atoms with Crippen LogP contribution < -0.4 is 15.4 Å². The highest BCUT2D eigenvalue weighted by Gasteiger charge is 2.01. The summed E-state index contributed by atoms with van der Waals surface area (Å²) in [6.07, 6.45) is 2.13. The van der Waals surface area contributed by atoms with Gasteiger partial charge in [-0.25, -0.2) is 0 Å². The minimum atomic E-state index is 0. The SMILES string of the molecule is CCOCCCCNC(=NC)NCc1ccc(OCCN(CC)CC)cc1.I. The molecule has 0 spiro atoms. The number of halogens is 1. The van der Waals surface area contributed by atoms with Crippen molar-refractivity contribution in [3.05, 3.63) is 29.8 Å². The third-order valence-electron chi connectivity index (χ3n) is 4.39. The van der Waals surface area contributed by atoms with E-state index < -0.39 is 0 Å². The zero-order chi connectivity index (χ0) is 19.7. The molecule has 0 atom stereocenters. The van der Waals surface area contributed by atoms with Crippen molar-refractivity contribution in [2.75, 3.05) is 53.0 Å². The van der Waals surface area contributed by atoms with Gasteiger partial charge in [0.25, 0.3) is 0 Å². The Balaban J connectivity index is 0.00000729. The summed E-state index contributed by atoms with van der Waals surface area (Å²) in [6.45, 7) is 13.4. The van der Waals surface area contributed by atoms with Crippen LogP contribution in [0.5, 0.6) is 5.75 Å². The maximum atomic E-state index is 5.83. The number of benzene rings is 1. The normalized spacial score (nSPS) is 11.2. The fraction of sp³-hybridized carbons (Fsp3) is 0.667. The van der Waals surface area contributed by atoms with E-state index in [9.17, 15) is 0 Å². The molecule has 0 saturated heterocycles. The van der Waals surface area contributed by atoms with Gasteiger partial charge in [0.05, 0.1) is 0 Å². The van der Waals surface area contributed by atoms with Crippen molar-refractivity contribution in [3.63, 3.8) is 0 Å². The van der Waals surface area contributed by atoms with Crippen molar-refractivity contribution in [3.8, 4) is 5.75 Å². The molecule has 1 aromatic carbocycles. The Morgan fingerprint density at radius 1 is 1.00 bits per heavy atom. The Hall–Kier alpha value is -1.06. The van der Waals surface area contributed by atoms with E-state index in [0.717, 1.165) is 77.1 Å². The molecule has 0 amide bonds. The second-order valence-corrected chi connectivity index (χ2v) is 6.28. The van der Waals surface area contributed by atoms with Gasteiger partial charge in [-0.1, -0.05) is 26.0 Å². The summed E-state index contributed by atoms with van der Waals surface area (Å²) in [5.41, 5.74) is 1.20. The van der Waals surface area contributed by atoms with Gasteiger partial charge in [0, 0.05) is 39.9 Å². The molecule has 0 unspecified atom stereocenters. The number of hydrogen-bond acceptors (Lipinski definition) is 4. The van der Waals surface area contributed by atoms with E-state index in [0.29, 0.717) is 0 Å². The van der Waals surface area contributed by atoms with Crippen molar-refractivity contribution < 1.29 is 9.47 Å². The quantitative estimate of drug-likeness (QED) is 0.175. The van der Waals surface area contributed by atoms with Gasteiger partial charge in [-0.2, -0.15) is 0 Å². The third kappa shape index (κ3) is 12.4. The molecule has 28 heavy (non-hydrogen) atoms. The van der Waals surface area contributed by atoms with Crippen LogP contribution in [0.25, 0.3) is 0 Å². The lowest BCUT2D eigenvalue weighted by Gasteiger charge is -2.18. The number of ether oxygens (including phenoxy) is 2. The number of nitrogens with zero attached hydrogens (tertiary/aromatic N) is 2. The Morgan fingerprint density at radius 2 is 1.71 bits per heavy atom. The lowest BCUT2D eigenvalue weighted by atomic mass is 10.2. The molecule has 0 aromatic heterocycles. The fourth-order valence-corrected chi connectivity index (χ4v) is 2.62. The number of aliphatic imine (C=N–C) groups is 1. The number of nitrogens with one attached hydrogen (secondary N) is 2. The molecule has 0 aliphatic rings. The van der Waals surface area contributed by atoms with Crippen molar-refractivity contribution in [1.29, 1.82) is 0 Å². The highest BCUT2D eigenvalue weighted by Crippen LogP contribution is 2.12. The summed E-state index contributed by atoms with van der Waals surface area (Å²) in [5, 5.41) is 6.67. The first-order valence-corrected chi connectivity index (χ1v) is 10.2. The molecule has 1 rings (SSSR count). The van der Waals surface area contributed by atoms with Crippen LogP contribution in [0.2, 0.25) is 0 Å². The molecule has 0 fully saturated rings. The standard InChI is InChI=1S/C21H38N4O2.HI/c1-5-25(6-2)15-17-27-20-12-10-19(11-13-20)18-24-21(22-4)23-14-8-9-16-26-7-3;/h10-13H,5-9,14-18H2,1-4H3,(H2,22,23,24);1H. The van der Waals surface area contributed by atoms with Crippen LogP contribution in [0.4, 0.5) is 0 Å². The minimum absolute atomic E-state index is 0. The van der Waals surface area contributed by atoms with Crippen LogP contribution in [0.1, 0.15) is 39.2 Å². The van der Waals surface area contributed by atoms with E-state index in [1.54, 1.807) is 7.05 Å². The first kappa shape index (κ1) is 26.9. The first-order valence-electron chi connectivity index (χ1n) is 10.2. The minimum Gasteiger partial charge on any atom is -0.492 e. The Labute approximate surface area is 188 Å². The van der Waals surface area contributed by atoms with E-state index in [2.05, 4.69) is 46.5 Å². The van der Waals surface area contributed by atoms with Gasteiger partial charge < -0.3 is 25.0 Å². The maximum absolute atomic E-state index is 5.83. The van der Waals surface area contributed by atoms with Gasteiger partial charge >= 0.3 is 0 Å². The van der Waals surface area contributed by atoms with Crippen LogP contribution in [-0.2, 0) is 11.3 Å². The van der Waals surface area contributed by atoms with E-state index >= 15 is 0 Å². The molecule has 6 nitrogen and oxygen atoms in total. The lowest BCUT2D eigenvalue weighted by Crippen LogP contribution is -2.37. The summed E-state index contributed by atoms with van der Waals surface area (Å²) in [5.74, 6) is 1.74. The maximum Gasteiger partial charge on any atom is 0.191 e. The fourth-order valence-electron chi connectivity index (χ4n) is 2.62. The number of guanidine groups is 1. The zero-order valence-electron chi connectivity index (χ0n) is 18.0. The number of unbranched alkanes of at least 4 members (excludes halogenated alkanes) is 1. The molecule has 1 aromatic rings. The van der Waals surface area contributed by atoms with E-state index in [1.165, 1.54) is 5.56 Å². The zero-order valence-corrected chi connectivity index (χ0v) is 20.3. The van der Waals surface area contributed by atoms with Crippen LogP contribution in [-0.4, -0.2) is 63.9 Å². The predicted octanol–water partition coefficient (Wildman–Crippen LogP) is 3.51. The smallest absolute Gasteiger partial charge is 0.191 e. The van der Waals surface area contributed by atoms with Gasteiger partial charge in [-0.05, 0) is 50.6 Å². The average molecular weight is 506 g/mol. The van der Waals surface area contributed by atoms with Crippen molar-refractivity contribution in [2.24, 2.45) is 4.99 Å². The molecule has 0 radical (unpaired) electrons. The third-order valence-corrected chi connectivity index (χ3v) is 4.39. The van der Waals surface area contributed by atoms with Crippen LogP contribution in [0.3, 0.4) is 0 Å². The average Bonchev–Trinajstić information content (AvgIpc) is 2.71. The number of rotatable bonds is 14. The molecule has 0 saturated carbocycles. The Morgan fingerprint density at radius 3 is 2.32 bits per heavy atom. The second kappa shape index (κ2) is 18.0. The summed E-state index contributed by atoms with van der Waals surface area (Å²) >= 11 is 0. The Bertz CT molecular complexity index is 508. The molecule has 162 valence electrons. The monoisotopic (exact) mass is 506 g/mol. The predicted molar refractivity (Wildman–Crippen MR) is 129 cm³/mol. The van der Waals surface area contributed by atoms with Crippen molar-refractivity contribution in [2.45, 2.75) is 40.2 Å². The van der Waals surface area contributed by atoms with Gasteiger partial charge in [0.15, 0.2) is 5.96 Å². The highest BCUT2D eigenvalue weighted by molar-refractivity contribution is 14.0. The van der Waals surface area contributed by atoms with Gasteiger partial charge in [-0.3, -0.25) is 4.99 Å². The van der Waals surface area contributed by atoms with Gasteiger partial charge in [0.1, 0.15) is 12.4 Å². The summed E-state index contributed by atoms with van der Waals surface area (Å²) in [7, 11) is 1.79. The number of likely N-dealkylation sites (N-methyl/N-ethyl adjacent to an activating group) is 1. The summed E-state index contributed by atoms with van der Waals surface area (Å²) in [4.78, 5) is 6.62. The highest BCUT2D eigenvalue weighted by atomic mass is 127. The number of hydrogen-bond donors (Lipinski definition) is 2. The van der Waals surface area contributed by atoms with E-state index in [-0.39, 0.29) is 24.0 Å². The largest absolute Gasteiger partial charge is 0.492 e. The van der Waals surface area contributed by atoms with Crippen molar-refractivity contribution in [1.82, 2.24) is 15.5 Å². The molecule has 0 heterocycles. The summed E-state index contributed by atoms with van der Waals surface area (Å²) < 4.78 is 11.2. The molecule has 2 N–H and O–H groups in total. The lowest BCUT2D eigenvalue weighted by molar-refractivity contribution is 0.143. The van der Waals surface area contributed by atoms with E-state index in [4.69, 9.17) is 9.47 Å². The molecule has 0 aliphatic heterocycles. The van der Waals surface area contributed by atoms with E-state index in [1.807, 2.05) is 19.1 Å². The molecule has 0 bridgehead atoms. The Kier molecular flexibility index (Phi) is 17.3. The van der Waals surface area contributed by atoms with Crippen LogP contribution >= 0.6 is 24.0 Å². The molecular formula is C21H39IN4O2. The van der Waals surface area contributed by atoms with Crippen LogP contribution in [0.15, 0.2) is 29.3 Å². The first-order chi connectivity index (χ1) is 13.2. The van der Waals surface area contributed by atoms with Crippen LogP contribution in [0, 0.1) is 0 Å².